The zero-order chi connectivity index (χ0) is 20.3. The van der Waals surface area contributed by atoms with E-state index in [0.29, 0.717) is 23.5 Å². The Hall–Kier alpha value is -3.50. The second kappa shape index (κ2) is 7.62. The summed E-state index contributed by atoms with van der Waals surface area (Å²) in [4.78, 5) is 23.6. The number of hydrogen-bond acceptors (Lipinski definition) is 7. The Morgan fingerprint density at radius 2 is 1.96 bits per heavy atom. The predicted octanol–water partition coefficient (Wildman–Crippen LogP) is 3.04. The molecule has 11 heteroatoms. The summed E-state index contributed by atoms with van der Waals surface area (Å²) < 4.78 is 47.8. The number of alkyl halides is 3. The Morgan fingerprint density at radius 3 is 2.54 bits per heavy atom. The molecule has 146 valence electrons. The van der Waals surface area contributed by atoms with E-state index in [4.69, 9.17) is 9.26 Å². The molecule has 0 bridgehead atoms. The van der Waals surface area contributed by atoms with E-state index in [1.165, 1.54) is 13.3 Å². The number of carbonyl (C=O) groups is 1. The van der Waals surface area contributed by atoms with Gasteiger partial charge in [-0.15, -0.1) is 0 Å². The van der Waals surface area contributed by atoms with Crippen molar-refractivity contribution in [2.75, 3.05) is 12.4 Å². The number of hydrogen-bond donors (Lipinski definition) is 1. The van der Waals surface area contributed by atoms with Gasteiger partial charge in [-0.25, -0.2) is 9.97 Å². The molecule has 0 aliphatic heterocycles. The van der Waals surface area contributed by atoms with E-state index in [-0.39, 0.29) is 23.4 Å². The number of anilines is 1. The fraction of sp³-hybridized carbons (Fsp3) is 0.235. The Labute approximate surface area is 156 Å². The largest absolute Gasteiger partial charge is 0.481 e. The Kier molecular flexibility index (Phi) is 5.25. The average Bonchev–Trinajstić information content (AvgIpc) is 3.02. The summed E-state index contributed by atoms with van der Waals surface area (Å²) >= 11 is 0. The van der Waals surface area contributed by atoms with Gasteiger partial charge in [0.2, 0.25) is 5.88 Å². The monoisotopic (exact) mass is 393 g/mol. The van der Waals surface area contributed by atoms with Crippen LogP contribution in [0, 0.1) is 6.92 Å². The van der Waals surface area contributed by atoms with Crippen LogP contribution in [0.3, 0.4) is 0 Å². The van der Waals surface area contributed by atoms with Crippen molar-refractivity contribution in [3.63, 3.8) is 0 Å². The van der Waals surface area contributed by atoms with Gasteiger partial charge in [-0.1, -0.05) is 5.16 Å². The number of nitrogens with zero attached hydrogens (tertiary/aromatic N) is 4. The maximum atomic E-state index is 12.6. The van der Waals surface area contributed by atoms with Crippen LogP contribution in [0.25, 0.3) is 0 Å². The third-order valence-electron chi connectivity index (χ3n) is 3.70. The summed E-state index contributed by atoms with van der Waals surface area (Å²) in [7, 11) is 1.47. The molecule has 3 rings (SSSR count). The molecule has 1 amide bonds. The third-order valence-corrected chi connectivity index (χ3v) is 3.70. The Bertz CT molecular complexity index is 969. The molecule has 0 saturated carbocycles. The number of aryl methyl sites for hydroxylation is 1. The van der Waals surface area contributed by atoms with Gasteiger partial charge in [-0.05, 0) is 13.0 Å². The molecular weight excluding hydrogens is 379 g/mol. The van der Waals surface area contributed by atoms with Gasteiger partial charge in [0, 0.05) is 12.3 Å². The standard InChI is InChI=1S/C17H14F3N5O3/c1-9-15(16(26)24-10-3-4-14(27-2)23-6-10)12(28-25-9)5-11-7-22-13(8-21-11)17(18,19)20/h3-4,6-8H,5H2,1-2H3,(H,24,26). The fourth-order valence-corrected chi connectivity index (χ4v) is 2.35. The second-order valence-electron chi connectivity index (χ2n) is 5.68. The van der Waals surface area contributed by atoms with Gasteiger partial charge >= 0.3 is 6.18 Å². The number of halogens is 3. The number of methoxy groups -OCH3 is 1. The molecule has 28 heavy (non-hydrogen) atoms. The first-order valence-corrected chi connectivity index (χ1v) is 7.92. The van der Waals surface area contributed by atoms with E-state index in [1.807, 2.05) is 0 Å². The van der Waals surface area contributed by atoms with Crippen LogP contribution in [0.15, 0.2) is 35.2 Å². The van der Waals surface area contributed by atoms with Crippen molar-refractivity contribution in [3.8, 4) is 5.88 Å². The fourth-order valence-electron chi connectivity index (χ4n) is 2.35. The molecule has 0 saturated heterocycles. The molecule has 3 aromatic rings. The van der Waals surface area contributed by atoms with Gasteiger partial charge < -0.3 is 14.6 Å². The van der Waals surface area contributed by atoms with Gasteiger partial charge in [0.1, 0.15) is 5.56 Å². The van der Waals surface area contributed by atoms with Gasteiger partial charge in [-0.2, -0.15) is 13.2 Å². The maximum Gasteiger partial charge on any atom is 0.434 e. The highest BCUT2D eigenvalue weighted by Gasteiger charge is 2.33. The number of pyridine rings is 1. The Balaban J connectivity index is 1.78. The molecule has 0 atom stereocenters. The lowest BCUT2D eigenvalue weighted by molar-refractivity contribution is -0.141. The lowest BCUT2D eigenvalue weighted by atomic mass is 10.1. The highest BCUT2D eigenvalue weighted by molar-refractivity contribution is 6.05. The second-order valence-corrected chi connectivity index (χ2v) is 5.68. The minimum absolute atomic E-state index is 0.0460. The van der Waals surface area contributed by atoms with E-state index in [2.05, 4.69) is 25.4 Å². The van der Waals surface area contributed by atoms with Gasteiger partial charge in [-0.3, -0.25) is 9.78 Å². The molecule has 0 fully saturated rings. The molecule has 0 aliphatic rings. The number of amides is 1. The molecular formula is C17H14F3N5O3. The third kappa shape index (κ3) is 4.24. The molecule has 8 nitrogen and oxygen atoms in total. The molecule has 3 heterocycles. The first kappa shape index (κ1) is 19.3. The topological polar surface area (TPSA) is 103 Å². The minimum atomic E-state index is -4.58. The van der Waals surface area contributed by atoms with Gasteiger partial charge in [0.05, 0.1) is 43.0 Å². The van der Waals surface area contributed by atoms with Crippen LogP contribution >= 0.6 is 0 Å². The molecule has 0 radical (unpaired) electrons. The number of carbonyl (C=O) groups excluding carboxylic acids is 1. The Morgan fingerprint density at radius 1 is 1.18 bits per heavy atom. The number of nitrogens with one attached hydrogen (secondary N) is 1. The SMILES string of the molecule is COc1ccc(NC(=O)c2c(C)noc2Cc2cnc(C(F)(F)F)cn2)cn1. The van der Waals surface area contributed by atoms with Crippen LogP contribution in [0.1, 0.15) is 33.2 Å². The van der Waals surface area contributed by atoms with Crippen molar-refractivity contribution >= 4 is 11.6 Å². The first-order chi connectivity index (χ1) is 13.3. The summed E-state index contributed by atoms with van der Waals surface area (Å²) in [6.07, 6.45) is -1.60. The van der Waals surface area contributed by atoms with E-state index in [9.17, 15) is 18.0 Å². The van der Waals surface area contributed by atoms with Crippen molar-refractivity contribution < 1.29 is 27.2 Å². The van der Waals surface area contributed by atoms with Crippen molar-refractivity contribution in [2.24, 2.45) is 0 Å². The molecule has 0 aliphatic carbocycles. The summed E-state index contributed by atoms with van der Waals surface area (Å²) in [5, 5.41) is 6.41. The zero-order valence-electron chi connectivity index (χ0n) is 14.7. The van der Waals surface area contributed by atoms with Gasteiger partial charge in [0.25, 0.3) is 5.91 Å². The van der Waals surface area contributed by atoms with E-state index >= 15 is 0 Å². The van der Waals surface area contributed by atoms with Crippen LogP contribution in [0.5, 0.6) is 5.88 Å². The minimum Gasteiger partial charge on any atom is -0.481 e. The molecule has 3 aromatic heterocycles. The lowest BCUT2D eigenvalue weighted by Gasteiger charge is -2.07. The molecule has 1 N–H and O–H groups in total. The average molecular weight is 393 g/mol. The van der Waals surface area contributed by atoms with E-state index in [1.54, 1.807) is 19.1 Å². The smallest absolute Gasteiger partial charge is 0.434 e. The van der Waals surface area contributed by atoms with Crippen molar-refractivity contribution in [1.29, 1.82) is 0 Å². The normalized spacial score (nSPS) is 11.3. The van der Waals surface area contributed by atoms with Crippen LogP contribution in [-0.4, -0.2) is 33.1 Å². The van der Waals surface area contributed by atoms with Crippen LogP contribution in [0.2, 0.25) is 0 Å². The number of aromatic nitrogens is 4. The van der Waals surface area contributed by atoms with Crippen LogP contribution in [0.4, 0.5) is 18.9 Å². The molecule has 0 spiro atoms. The van der Waals surface area contributed by atoms with Crippen LogP contribution < -0.4 is 10.1 Å². The summed E-state index contributed by atoms with van der Waals surface area (Å²) in [5.74, 6) is 0.0480. The van der Waals surface area contributed by atoms with Crippen molar-refractivity contribution in [1.82, 2.24) is 20.1 Å². The number of rotatable bonds is 5. The summed E-state index contributed by atoms with van der Waals surface area (Å²) in [5.41, 5.74) is 0.0114. The molecule has 0 aromatic carbocycles. The highest BCUT2D eigenvalue weighted by Crippen LogP contribution is 2.27. The van der Waals surface area contributed by atoms with Crippen LogP contribution in [-0.2, 0) is 12.6 Å². The molecule has 0 unspecified atom stereocenters. The summed E-state index contributed by atoms with van der Waals surface area (Å²) in [6, 6.07) is 3.18. The highest BCUT2D eigenvalue weighted by atomic mass is 19.4. The predicted molar refractivity (Wildman–Crippen MR) is 89.8 cm³/mol. The first-order valence-electron chi connectivity index (χ1n) is 7.92. The maximum absolute atomic E-state index is 12.6. The number of ether oxygens (including phenoxy) is 1. The summed E-state index contributed by atoms with van der Waals surface area (Å²) in [6.45, 7) is 1.58. The quantitative estimate of drug-likeness (QED) is 0.711. The van der Waals surface area contributed by atoms with Crippen molar-refractivity contribution in [3.05, 3.63) is 59.1 Å². The van der Waals surface area contributed by atoms with E-state index in [0.717, 1.165) is 6.20 Å². The van der Waals surface area contributed by atoms with Crippen molar-refractivity contribution in [2.45, 2.75) is 19.5 Å². The lowest BCUT2D eigenvalue weighted by Crippen LogP contribution is -2.15. The zero-order valence-corrected chi connectivity index (χ0v) is 14.7. The van der Waals surface area contributed by atoms with Gasteiger partial charge in [0.15, 0.2) is 11.5 Å². The van der Waals surface area contributed by atoms with E-state index < -0.39 is 17.8 Å².